The summed E-state index contributed by atoms with van der Waals surface area (Å²) in [5.41, 5.74) is 27.9. The lowest BCUT2D eigenvalue weighted by Crippen LogP contribution is -2.45. The first-order valence-electron chi connectivity index (χ1n) is 27.0. The quantitative estimate of drug-likeness (QED) is 0.0175. The monoisotopic (exact) mass is 1210 g/mol. The van der Waals surface area contributed by atoms with E-state index in [1.54, 1.807) is 0 Å². The van der Waals surface area contributed by atoms with Crippen molar-refractivity contribution in [3.05, 3.63) is 95.1 Å². The van der Waals surface area contributed by atoms with Crippen LogP contribution >= 0.6 is 0 Å². The summed E-state index contributed by atoms with van der Waals surface area (Å²) in [6, 6.07) is 11.5. The van der Waals surface area contributed by atoms with Crippen LogP contribution in [-0.4, -0.2) is 142 Å². The van der Waals surface area contributed by atoms with Crippen LogP contribution in [0, 0.1) is 16.2 Å². The average molecular weight is 1210 g/mol. The van der Waals surface area contributed by atoms with Crippen molar-refractivity contribution in [2.45, 2.75) is 88.4 Å². The van der Waals surface area contributed by atoms with E-state index in [1.807, 2.05) is 0 Å². The van der Waals surface area contributed by atoms with E-state index in [1.165, 1.54) is 101 Å². The van der Waals surface area contributed by atoms with Crippen LogP contribution in [0.3, 0.4) is 0 Å². The molecule has 0 saturated heterocycles. The van der Waals surface area contributed by atoms with Crippen molar-refractivity contribution in [1.82, 2.24) is 26.6 Å². The van der Waals surface area contributed by atoms with Gasteiger partial charge in [-0.3, -0.25) is 59.4 Å². The van der Waals surface area contributed by atoms with Crippen LogP contribution in [0.5, 0.6) is 23.0 Å². The Labute approximate surface area is 500 Å². The number of aliphatic carboxylic acids is 1. The highest BCUT2D eigenvalue weighted by Crippen LogP contribution is 2.28. The molecule has 0 spiro atoms. The van der Waals surface area contributed by atoms with Gasteiger partial charge < -0.3 is 101 Å². The van der Waals surface area contributed by atoms with Crippen molar-refractivity contribution in [1.29, 1.82) is 16.2 Å². The number of anilines is 4. The van der Waals surface area contributed by atoms with E-state index in [0.717, 1.165) is 0 Å². The van der Waals surface area contributed by atoms with Crippen LogP contribution in [0.1, 0.15) is 106 Å². The second-order valence-corrected chi connectivity index (χ2v) is 19.3. The maximum atomic E-state index is 14.3. The number of nitrogens with one attached hydrogen (secondary N) is 12. The van der Waals surface area contributed by atoms with E-state index < -0.39 is 77.4 Å². The molecule has 87 heavy (non-hydrogen) atoms. The van der Waals surface area contributed by atoms with Crippen LogP contribution in [-0.2, 0) is 24.0 Å². The van der Waals surface area contributed by atoms with Gasteiger partial charge in [-0.15, -0.1) is 0 Å². The normalized spacial score (nSPS) is 12.0. The molecular formula is C56H75N17O14. The number of ether oxygens (including phenoxy) is 4. The third kappa shape index (κ3) is 22.1. The number of benzene rings is 4. The number of methoxy groups -OCH3 is 4. The molecule has 31 nitrogen and oxygen atoms in total. The molecular weight excluding hydrogens is 1130 g/mol. The maximum Gasteiger partial charge on any atom is 0.303 e. The van der Waals surface area contributed by atoms with Crippen LogP contribution in [0.2, 0.25) is 0 Å². The molecule has 23 N–H and O–H groups in total. The Balaban J connectivity index is 1.60. The van der Waals surface area contributed by atoms with Crippen molar-refractivity contribution in [3.63, 3.8) is 0 Å². The van der Waals surface area contributed by atoms with Gasteiger partial charge in [0.2, 0.25) is 23.6 Å². The lowest BCUT2D eigenvalue weighted by Gasteiger charge is -2.22. The minimum absolute atomic E-state index is 0.00866. The summed E-state index contributed by atoms with van der Waals surface area (Å²) in [5, 5.41) is 55.7. The Hall–Kier alpha value is -10.7. The molecule has 0 aliphatic rings. The van der Waals surface area contributed by atoms with Crippen molar-refractivity contribution in [2.24, 2.45) is 28.7 Å². The smallest absolute Gasteiger partial charge is 0.303 e. The summed E-state index contributed by atoms with van der Waals surface area (Å²) in [6.45, 7) is 0.244. The summed E-state index contributed by atoms with van der Waals surface area (Å²) in [7, 11) is 5.23. The minimum atomic E-state index is -1.33. The Bertz CT molecular complexity index is 3200. The van der Waals surface area contributed by atoms with Gasteiger partial charge in [0.15, 0.2) is 11.9 Å². The molecule has 4 rings (SSSR count). The highest BCUT2D eigenvalue weighted by Gasteiger charge is 2.29. The summed E-state index contributed by atoms with van der Waals surface area (Å²) >= 11 is 0. The average Bonchev–Trinajstić information content (AvgIpc) is 1.57. The van der Waals surface area contributed by atoms with E-state index >= 15 is 0 Å². The molecule has 4 aromatic carbocycles. The van der Waals surface area contributed by atoms with Gasteiger partial charge in [0.1, 0.15) is 41.1 Å². The maximum absolute atomic E-state index is 14.3. The largest absolute Gasteiger partial charge is 0.496 e. The first kappa shape index (κ1) is 68.8. The second kappa shape index (κ2) is 34.2. The lowest BCUT2D eigenvalue weighted by molar-refractivity contribution is -0.137. The van der Waals surface area contributed by atoms with Gasteiger partial charge in [0.05, 0.1) is 62.6 Å². The van der Waals surface area contributed by atoms with Gasteiger partial charge >= 0.3 is 5.97 Å². The molecule has 0 aromatic heterocycles. The fraction of sp³-hybridized carbons (Fsp3) is 0.357. The lowest BCUT2D eigenvalue weighted by atomic mass is 10.0. The van der Waals surface area contributed by atoms with Crippen LogP contribution in [0.25, 0.3) is 0 Å². The zero-order chi connectivity index (χ0) is 64.3. The van der Waals surface area contributed by atoms with E-state index in [-0.39, 0.29) is 150 Å². The molecule has 4 atom stereocenters. The van der Waals surface area contributed by atoms with E-state index in [2.05, 4.69) is 47.9 Å². The Kier molecular flexibility index (Phi) is 27.0. The Morgan fingerprint density at radius 1 is 0.448 bits per heavy atom. The number of amides is 8. The molecule has 0 saturated carbocycles. The van der Waals surface area contributed by atoms with E-state index in [9.17, 15) is 43.2 Å². The number of hydrogen-bond acceptors (Lipinski definition) is 17. The summed E-state index contributed by atoms with van der Waals surface area (Å²) in [4.78, 5) is 121. The van der Waals surface area contributed by atoms with Crippen LogP contribution < -0.4 is 95.5 Å². The number of hydrogen-bond donors (Lipinski definition) is 18. The number of carboxylic acid groups (broad SMARTS) is 1. The third-order valence-corrected chi connectivity index (χ3v) is 12.9. The SMILES string of the molecule is COc1ccc(NC(=O)[C@H](CCCCC(=N)N)NC(=O)c2cc(NC(=O)[C@H](CCCNC(=N)N)NC(=O)c3cc(NC(=O)[C@H](CCCNC(=N)N)NC(=O)c4cc(NC(=O)[C@@H](N)CCC(=O)O)ccc4OC)ccc3OC)ccc2OC)cc1C(N)=O. The molecule has 4 aromatic rings. The number of amidine groups is 1. The number of guanidine groups is 2. The molecule has 8 amide bonds. The van der Waals surface area contributed by atoms with E-state index in [4.69, 9.17) is 69.0 Å². The number of unbranched alkanes of at least 4 members (excludes halogenated alkanes) is 1. The van der Waals surface area contributed by atoms with Gasteiger partial charge in [0.25, 0.3) is 23.6 Å². The predicted molar refractivity (Wildman–Crippen MR) is 322 cm³/mol. The first-order chi connectivity index (χ1) is 41.4. The molecule has 468 valence electrons. The van der Waals surface area contributed by atoms with Crippen LogP contribution in [0.4, 0.5) is 22.7 Å². The standard InChI is InChI=1S/C56H75N17O14/c1-84-41-18-13-29(25-33(41)47(60)76)68-52(81)38(9-5-6-12-45(58)59)71-48(77)35-27-31(15-20-43(35)86-3)69-54(83)40(11-8-24-66-56(63)64)73-50(79)36-28-32(16-21-44(36)87-4)70-53(82)39(10-7-23-65-55(61)62)72-49(78)34-26-30(14-19-42(34)85-2)67-51(80)37(57)17-22-46(74)75/h13-16,18-21,25-28,37-40H,5-12,17,22-24,57H2,1-4H3,(H3,58,59)(H2,60,76)(H,67,80)(H,68,81)(H,69,83)(H,70,82)(H,71,77)(H,72,78)(H,73,79)(H,74,75)(H4,61,62,65)(H4,63,64,66)/t37-,38-,39-,40-/m0/s1. The zero-order valence-electron chi connectivity index (χ0n) is 48.4. The topological polar surface area (TPSA) is 521 Å². The number of rotatable bonds is 35. The van der Waals surface area contributed by atoms with Crippen LogP contribution in [0.15, 0.2) is 72.8 Å². The zero-order valence-corrected chi connectivity index (χ0v) is 48.4. The van der Waals surface area contributed by atoms with Gasteiger partial charge in [-0.25, -0.2) is 0 Å². The summed E-state index contributed by atoms with van der Waals surface area (Å²) in [6.07, 6.45) is 0.865. The molecule has 0 bridgehead atoms. The molecule has 0 aliphatic carbocycles. The number of nitrogens with two attached hydrogens (primary N) is 5. The first-order valence-corrected chi connectivity index (χ1v) is 27.0. The van der Waals surface area contributed by atoms with Gasteiger partial charge in [-0.2, -0.15) is 0 Å². The molecule has 0 aliphatic heterocycles. The van der Waals surface area contributed by atoms with Crippen molar-refractivity contribution >= 4 is 93.7 Å². The highest BCUT2D eigenvalue weighted by molar-refractivity contribution is 6.08. The highest BCUT2D eigenvalue weighted by atomic mass is 16.5. The number of carbonyl (C=O) groups is 9. The summed E-state index contributed by atoms with van der Waals surface area (Å²) < 4.78 is 21.6. The van der Waals surface area contributed by atoms with Crippen molar-refractivity contribution < 1.29 is 67.2 Å². The van der Waals surface area contributed by atoms with Gasteiger partial charge in [-0.05, 0) is 118 Å². The molecule has 0 heterocycles. The number of carbonyl (C=O) groups excluding carboxylic acids is 8. The number of carboxylic acids is 1. The third-order valence-electron chi connectivity index (χ3n) is 12.9. The second-order valence-electron chi connectivity index (χ2n) is 19.3. The van der Waals surface area contributed by atoms with Crippen molar-refractivity contribution in [2.75, 3.05) is 62.8 Å². The van der Waals surface area contributed by atoms with Gasteiger partial charge in [-0.1, -0.05) is 6.42 Å². The molecule has 31 heteroatoms. The van der Waals surface area contributed by atoms with Crippen molar-refractivity contribution in [3.8, 4) is 23.0 Å². The minimum Gasteiger partial charge on any atom is -0.496 e. The van der Waals surface area contributed by atoms with E-state index in [0.29, 0.717) is 12.8 Å². The van der Waals surface area contributed by atoms with Gasteiger partial charge in [0, 0.05) is 48.7 Å². The predicted octanol–water partition coefficient (Wildman–Crippen LogP) is 1.18. The molecule has 0 fully saturated rings. The Morgan fingerprint density at radius 2 is 0.770 bits per heavy atom. The fourth-order valence-electron chi connectivity index (χ4n) is 8.44. The molecule has 0 unspecified atom stereocenters. The fourth-order valence-corrected chi connectivity index (χ4v) is 8.44. The molecule has 0 radical (unpaired) electrons. The Morgan fingerprint density at radius 3 is 1.08 bits per heavy atom. The number of primary amides is 1. The summed E-state index contributed by atoms with van der Waals surface area (Å²) in [5.74, 6) is -7.82.